The summed E-state index contributed by atoms with van der Waals surface area (Å²) in [5, 5.41) is 25.2. The molecular weight excluding hydrogens is 352 g/mol. The minimum atomic E-state index is -1.10. The van der Waals surface area contributed by atoms with Gasteiger partial charge in [0.15, 0.2) is 6.10 Å². The molecule has 1 heterocycles. The number of phenolic OH excluding ortho intramolecular Hbond substituents is 1. The predicted molar refractivity (Wildman–Crippen MR) is 98.2 cm³/mol. The average Bonchev–Trinajstić information content (AvgIpc) is 3.09. The topological polar surface area (TPSA) is 99.4 Å². The van der Waals surface area contributed by atoms with Gasteiger partial charge in [0.25, 0.3) is 5.91 Å². The minimum absolute atomic E-state index is 0.0165. The van der Waals surface area contributed by atoms with Crippen molar-refractivity contribution in [2.45, 2.75) is 13.0 Å². The molecule has 6 nitrogen and oxygen atoms in total. The second kappa shape index (κ2) is 7.25. The van der Waals surface area contributed by atoms with Crippen molar-refractivity contribution in [3.05, 3.63) is 59.0 Å². The number of benzene rings is 2. The molecule has 3 aromatic rings. The lowest BCUT2D eigenvalue weighted by Gasteiger charge is -2.14. The maximum Gasteiger partial charge on any atom is 0.342 e. The number of carbonyl (C=O) groups excluding carboxylic acids is 2. The molecule has 0 aliphatic carbocycles. The van der Waals surface area contributed by atoms with Gasteiger partial charge in [-0.3, -0.25) is 4.79 Å². The summed E-state index contributed by atoms with van der Waals surface area (Å²) < 4.78 is 5.16. The minimum Gasteiger partial charge on any atom is -0.506 e. The zero-order valence-electron chi connectivity index (χ0n) is 13.7. The number of amides is 1. The SMILES string of the molecule is C[C@H](OC(=O)c1ccc2ccccc2c1O)C(=O)Nc1sccc1C#N. The van der Waals surface area contributed by atoms with E-state index >= 15 is 0 Å². The maximum absolute atomic E-state index is 12.3. The van der Waals surface area contributed by atoms with Crippen LogP contribution in [-0.4, -0.2) is 23.1 Å². The molecule has 1 atom stereocenters. The van der Waals surface area contributed by atoms with Gasteiger partial charge >= 0.3 is 5.97 Å². The van der Waals surface area contributed by atoms with Crippen molar-refractivity contribution in [1.29, 1.82) is 5.26 Å². The Morgan fingerprint density at radius 3 is 2.77 bits per heavy atom. The van der Waals surface area contributed by atoms with Gasteiger partial charge in [0.2, 0.25) is 0 Å². The first-order valence-electron chi connectivity index (χ1n) is 7.71. The van der Waals surface area contributed by atoms with Crippen molar-refractivity contribution in [3.8, 4) is 11.8 Å². The molecule has 0 bridgehead atoms. The largest absolute Gasteiger partial charge is 0.506 e. The standard InChI is InChI=1S/C19H14N2O4S/c1-11(17(23)21-18-13(10-20)8-9-26-18)25-19(24)15-7-6-12-4-2-3-5-14(12)16(15)22/h2-9,11,22H,1H3,(H,21,23)/t11-/m0/s1. The number of anilines is 1. The number of nitrogens with zero attached hydrogens (tertiary/aromatic N) is 1. The van der Waals surface area contributed by atoms with Crippen molar-refractivity contribution in [3.63, 3.8) is 0 Å². The quantitative estimate of drug-likeness (QED) is 0.687. The van der Waals surface area contributed by atoms with E-state index in [2.05, 4.69) is 5.32 Å². The van der Waals surface area contributed by atoms with E-state index in [1.54, 1.807) is 29.6 Å². The van der Waals surface area contributed by atoms with Gasteiger partial charge in [-0.2, -0.15) is 5.26 Å². The number of hydrogen-bond acceptors (Lipinski definition) is 6. The number of nitrogens with one attached hydrogen (secondary N) is 1. The molecule has 0 aliphatic heterocycles. The van der Waals surface area contributed by atoms with Crippen LogP contribution < -0.4 is 5.32 Å². The highest BCUT2D eigenvalue weighted by Gasteiger charge is 2.22. The Hall–Kier alpha value is -3.37. The first-order chi connectivity index (χ1) is 12.5. The lowest BCUT2D eigenvalue weighted by molar-refractivity contribution is -0.123. The van der Waals surface area contributed by atoms with Crippen LogP contribution in [0.1, 0.15) is 22.8 Å². The Labute approximate surface area is 153 Å². The smallest absolute Gasteiger partial charge is 0.342 e. The first-order valence-corrected chi connectivity index (χ1v) is 8.59. The van der Waals surface area contributed by atoms with E-state index in [4.69, 9.17) is 10.00 Å². The summed E-state index contributed by atoms with van der Waals surface area (Å²) in [5.41, 5.74) is 0.325. The Morgan fingerprint density at radius 1 is 1.23 bits per heavy atom. The lowest BCUT2D eigenvalue weighted by Crippen LogP contribution is -2.30. The van der Waals surface area contributed by atoms with E-state index in [-0.39, 0.29) is 11.3 Å². The van der Waals surface area contributed by atoms with Crippen LogP contribution in [0.4, 0.5) is 5.00 Å². The van der Waals surface area contributed by atoms with Crippen molar-refractivity contribution >= 4 is 39.0 Å². The summed E-state index contributed by atoms with van der Waals surface area (Å²) in [4.78, 5) is 24.5. The number of hydrogen-bond donors (Lipinski definition) is 2. The fourth-order valence-corrected chi connectivity index (χ4v) is 3.15. The lowest BCUT2D eigenvalue weighted by atomic mass is 10.1. The van der Waals surface area contributed by atoms with Crippen LogP contribution in [0.25, 0.3) is 10.8 Å². The fourth-order valence-electron chi connectivity index (χ4n) is 2.41. The second-order valence-electron chi connectivity index (χ2n) is 5.49. The summed E-state index contributed by atoms with van der Waals surface area (Å²) in [6.45, 7) is 1.42. The summed E-state index contributed by atoms with van der Waals surface area (Å²) in [5.74, 6) is -1.55. The van der Waals surface area contributed by atoms with Crippen LogP contribution in [-0.2, 0) is 9.53 Å². The Bertz CT molecular complexity index is 1040. The molecule has 0 spiro atoms. The summed E-state index contributed by atoms with van der Waals surface area (Å²) in [7, 11) is 0. The van der Waals surface area contributed by atoms with Crippen molar-refractivity contribution < 1.29 is 19.4 Å². The first kappa shape index (κ1) is 17.5. The monoisotopic (exact) mass is 366 g/mol. The Balaban J connectivity index is 1.74. The zero-order valence-corrected chi connectivity index (χ0v) is 14.5. The Morgan fingerprint density at radius 2 is 2.00 bits per heavy atom. The number of fused-ring (bicyclic) bond motifs is 1. The number of thiophene rings is 1. The van der Waals surface area contributed by atoms with Crippen LogP contribution in [0.2, 0.25) is 0 Å². The number of carbonyl (C=O) groups is 2. The van der Waals surface area contributed by atoms with Crippen molar-refractivity contribution in [2.24, 2.45) is 0 Å². The number of rotatable bonds is 4. The molecule has 0 saturated carbocycles. The van der Waals surface area contributed by atoms with Crippen LogP contribution in [0, 0.1) is 11.3 Å². The summed E-state index contributed by atoms with van der Waals surface area (Å²) >= 11 is 1.20. The third-order valence-corrected chi connectivity index (χ3v) is 4.63. The van der Waals surface area contributed by atoms with Crippen molar-refractivity contribution in [1.82, 2.24) is 0 Å². The highest BCUT2D eigenvalue weighted by Crippen LogP contribution is 2.29. The zero-order chi connectivity index (χ0) is 18.7. The van der Waals surface area contributed by atoms with Gasteiger partial charge < -0.3 is 15.2 Å². The third kappa shape index (κ3) is 3.36. The van der Waals surface area contributed by atoms with Crippen LogP contribution in [0.15, 0.2) is 47.8 Å². The van der Waals surface area contributed by atoms with Gasteiger partial charge in [-0.15, -0.1) is 11.3 Å². The van der Waals surface area contributed by atoms with Crippen molar-refractivity contribution in [2.75, 3.05) is 5.32 Å². The van der Waals surface area contributed by atoms with Crippen LogP contribution in [0.3, 0.4) is 0 Å². The highest BCUT2D eigenvalue weighted by molar-refractivity contribution is 7.14. The van der Waals surface area contributed by atoms with E-state index in [0.717, 1.165) is 5.39 Å². The number of ether oxygens (including phenoxy) is 1. The molecule has 3 rings (SSSR count). The molecule has 0 radical (unpaired) electrons. The highest BCUT2D eigenvalue weighted by atomic mass is 32.1. The van der Waals surface area contributed by atoms with Crippen LogP contribution >= 0.6 is 11.3 Å². The van der Waals surface area contributed by atoms with E-state index in [0.29, 0.717) is 16.0 Å². The van der Waals surface area contributed by atoms with E-state index in [9.17, 15) is 14.7 Å². The van der Waals surface area contributed by atoms with Gasteiger partial charge in [0, 0.05) is 5.39 Å². The molecule has 0 aliphatic rings. The van der Waals surface area contributed by atoms with Gasteiger partial charge in [0.1, 0.15) is 22.4 Å². The van der Waals surface area contributed by atoms with Gasteiger partial charge in [-0.1, -0.05) is 30.3 Å². The van der Waals surface area contributed by atoms with Crippen LogP contribution in [0.5, 0.6) is 5.75 Å². The summed E-state index contributed by atoms with van der Waals surface area (Å²) in [6, 6.07) is 13.8. The van der Waals surface area contributed by atoms with E-state index in [1.807, 2.05) is 18.2 Å². The molecule has 7 heteroatoms. The molecule has 1 aromatic heterocycles. The number of esters is 1. The van der Waals surface area contributed by atoms with E-state index in [1.165, 1.54) is 24.3 Å². The fraction of sp³-hybridized carbons (Fsp3) is 0.105. The number of phenols is 1. The molecular formula is C19H14N2O4S. The normalized spacial score (nSPS) is 11.5. The number of nitriles is 1. The maximum atomic E-state index is 12.3. The van der Waals surface area contributed by atoms with E-state index < -0.39 is 18.0 Å². The second-order valence-corrected chi connectivity index (χ2v) is 6.41. The molecule has 1 amide bonds. The third-order valence-electron chi connectivity index (χ3n) is 3.80. The predicted octanol–water partition coefficient (Wildman–Crippen LogP) is 3.66. The molecule has 0 fully saturated rings. The molecule has 0 unspecified atom stereocenters. The van der Waals surface area contributed by atoms with Gasteiger partial charge in [0.05, 0.1) is 5.56 Å². The number of aromatic hydroxyl groups is 1. The molecule has 0 saturated heterocycles. The Kier molecular flexibility index (Phi) is 4.87. The summed E-state index contributed by atoms with van der Waals surface area (Å²) in [6.07, 6.45) is -1.10. The van der Waals surface area contributed by atoms with Gasteiger partial charge in [-0.05, 0) is 29.8 Å². The molecule has 26 heavy (non-hydrogen) atoms. The molecule has 130 valence electrons. The molecule has 2 N–H and O–H groups in total. The average molecular weight is 366 g/mol. The molecule has 2 aromatic carbocycles. The van der Waals surface area contributed by atoms with Gasteiger partial charge in [-0.25, -0.2) is 4.79 Å².